The number of nitrogens with two attached hydrogens (primary N) is 1. The summed E-state index contributed by atoms with van der Waals surface area (Å²) in [7, 11) is -17.1. The van der Waals surface area contributed by atoms with E-state index in [2.05, 4.69) is 28.1 Å². The molecule has 0 aliphatic carbocycles. The van der Waals surface area contributed by atoms with Gasteiger partial charge >= 0.3 is 45.2 Å². The van der Waals surface area contributed by atoms with Gasteiger partial charge in [-0.3, -0.25) is 18.9 Å². The summed E-state index contributed by atoms with van der Waals surface area (Å²) in [6, 6.07) is 0. The molecular formula is C10H17N5NaO15P3. The number of aromatic amines is 1. The number of aliphatic hydroxyl groups is 2. The molecule has 2 aromatic heterocycles. The van der Waals surface area contributed by atoms with Crippen molar-refractivity contribution in [2.45, 2.75) is 24.5 Å². The molecular weight excluding hydrogens is 546 g/mol. The fraction of sp³-hybridized carbons (Fsp3) is 0.500. The van der Waals surface area contributed by atoms with Crippen LogP contribution in [-0.2, 0) is 31.6 Å². The van der Waals surface area contributed by atoms with Crippen LogP contribution in [0.2, 0.25) is 0 Å². The van der Waals surface area contributed by atoms with E-state index < -0.39 is 60.2 Å². The van der Waals surface area contributed by atoms with Crippen LogP contribution in [0.25, 0.3) is 11.2 Å². The predicted octanol–water partition coefficient (Wildman–Crippen LogP) is -6.79. The number of nitrogen functional groups attached to an aromatic ring is 1. The van der Waals surface area contributed by atoms with Gasteiger partial charge in [0.25, 0.3) is 13.4 Å². The van der Waals surface area contributed by atoms with Crippen LogP contribution in [0.4, 0.5) is 5.95 Å². The summed E-state index contributed by atoms with van der Waals surface area (Å²) in [5.74, 6) is -0.285. The van der Waals surface area contributed by atoms with Crippen LogP contribution < -0.4 is 45.7 Å². The summed E-state index contributed by atoms with van der Waals surface area (Å²) >= 11 is 0. The minimum absolute atomic E-state index is 0. The number of phosphoric acid groups is 3. The molecule has 1 saturated heterocycles. The van der Waals surface area contributed by atoms with E-state index in [0.717, 1.165) is 10.9 Å². The molecule has 3 heterocycles. The average Bonchev–Trinajstić information content (AvgIpc) is 3.12. The SMILES string of the molecule is Nc1nc2c(ncn2C2OC(COP(=O)([O-])OP(=O)(O)OP(=O)(O)O)C(O)C2O)c(=O)[nH]1.O.[Na+]. The molecule has 3 rings (SSSR count). The Bertz CT molecular complexity index is 1220. The van der Waals surface area contributed by atoms with E-state index in [1.165, 1.54) is 0 Å². The number of rotatable bonds is 8. The van der Waals surface area contributed by atoms with E-state index in [1.807, 2.05) is 0 Å². The maximum Gasteiger partial charge on any atom is 1.00 e. The van der Waals surface area contributed by atoms with E-state index >= 15 is 0 Å². The van der Waals surface area contributed by atoms with Gasteiger partial charge in [0, 0.05) is 0 Å². The van der Waals surface area contributed by atoms with Gasteiger partial charge in [-0.1, -0.05) is 0 Å². The van der Waals surface area contributed by atoms with Crippen LogP contribution in [-0.4, -0.2) is 74.8 Å². The standard InChI is InChI=1S/C10H16N5O14P3.Na.H2O/c11-10-13-7-4(8(18)14-10)12-2-15(7)9-6(17)5(16)3(27-9)1-26-31(22,23)29-32(24,25)28-30(19,20)21;;/h2-3,5-6,9,16-17H,1H2,(H,22,23)(H,24,25)(H2,19,20,21)(H3,11,13,14,18);;1H2/q;+1;/p-1. The van der Waals surface area contributed by atoms with Crippen LogP contribution in [0.1, 0.15) is 6.23 Å². The summed E-state index contributed by atoms with van der Waals surface area (Å²) in [5.41, 5.74) is 4.46. The first kappa shape index (κ1) is 31.4. The molecule has 0 aromatic carbocycles. The monoisotopic (exact) mass is 563 g/mol. The number of hydrogen-bond donors (Lipinski definition) is 7. The Morgan fingerprint density at radius 1 is 1.21 bits per heavy atom. The zero-order valence-electron chi connectivity index (χ0n) is 16.8. The van der Waals surface area contributed by atoms with E-state index in [0.29, 0.717) is 0 Å². The number of anilines is 1. The molecule has 6 unspecified atom stereocenters. The van der Waals surface area contributed by atoms with Crippen molar-refractivity contribution < 1.29 is 96.4 Å². The number of hydrogen-bond acceptors (Lipinski definition) is 14. The van der Waals surface area contributed by atoms with Crippen LogP contribution in [0.3, 0.4) is 0 Å². The third kappa shape index (κ3) is 7.45. The second kappa shape index (κ2) is 11.2. The number of imidazole rings is 1. The molecule has 0 amide bonds. The van der Waals surface area contributed by atoms with Crippen molar-refractivity contribution >= 4 is 40.6 Å². The number of H-pyrrole nitrogens is 1. The van der Waals surface area contributed by atoms with Crippen molar-refractivity contribution in [1.29, 1.82) is 0 Å². The minimum Gasteiger partial charge on any atom is -0.756 e. The predicted molar refractivity (Wildman–Crippen MR) is 99.7 cm³/mol. The second-order valence-corrected chi connectivity index (χ2v) is 10.6. The van der Waals surface area contributed by atoms with Crippen LogP contribution in [0, 0.1) is 0 Å². The molecule has 24 heteroatoms. The van der Waals surface area contributed by atoms with Gasteiger partial charge in [0.1, 0.15) is 18.3 Å². The molecule has 34 heavy (non-hydrogen) atoms. The van der Waals surface area contributed by atoms with E-state index in [9.17, 15) is 33.6 Å². The quantitative estimate of drug-likeness (QED) is 0.116. The topological polar surface area (TPSA) is 333 Å². The van der Waals surface area contributed by atoms with E-state index in [1.54, 1.807) is 0 Å². The molecule has 10 N–H and O–H groups in total. The van der Waals surface area contributed by atoms with Crippen molar-refractivity contribution in [2.24, 2.45) is 0 Å². The van der Waals surface area contributed by atoms with Gasteiger partial charge in [0.15, 0.2) is 17.4 Å². The van der Waals surface area contributed by atoms with Crippen molar-refractivity contribution in [3.63, 3.8) is 0 Å². The molecule has 0 radical (unpaired) electrons. The Kier molecular flexibility index (Phi) is 10.4. The summed E-state index contributed by atoms with van der Waals surface area (Å²) in [4.78, 5) is 59.4. The number of nitrogens with zero attached hydrogens (tertiary/aromatic N) is 3. The number of ether oxygens (including phenoxy) is 1. The minimum atomic E-state index is -5.79. The fourth-order valence-electron chi connectivity index (χ4n) is 2.69. The molecule has 6 atom stereocenters. The van der Waals surface area contributed by atoms with E-state index in [-0.39, 0.29) is 52.1 Å². The molecule has 1 aliphatic heterocycles. The van der Waals surface area contributed by atoms with Crippen molar-refractivity contribution in [2.75, 3.05) is 12.3 Å². The maximum absolute atomic E-state index is 11.8. The largest absolute Gasteiger partial charge is 1.00 e. The molecule has 0 saturated carbocycles. The number of aliphatic hydroxyl groups excluding tert-OH is 2. The van der Waals surface area contributed by atoms with Crippen molar-refractivity contribution in [3.05, 3.63) is 16.7 Å². The summed E-state index contributed by atoms with van der Waals surface area (Å²) in [6.45, 7) is -1.08. The van der Waals surface area contributed by atoms with Gasteiger partial charge in [-0.05, 0) is 0 Å². The summed E-state index contributed by atoms with van der Waals surface area (Å²) in [5, 5.41) is 20.4. The molecule has 2 aromatic rings. The van der Waals surface area contributed by atoms with Gasteiger partial charge in [-0.15, -0.1) is 0 Å². The maximum atomic E-state index is 11.8. The molecule has 0 spiro atoms. The first-order valence-electron chi connectivity index (χ1n) is 8.09. The van der Waals surface area contributed by atoms with Gasteiger partial charge in [-0.25, -0.2) is 18.4 Å². The number of aromatic nitrogens is 4. The second-order valence-electron chi connectivity index (χ2n) is 6.19. The number of nitrogens with one attached hydrogen (secondary N) is 1. The molecule has 0 bridgehead atoms. The number of fused-ring (bicyclic) bond motifs is 1. The zero-order valence-corrected chi connectivity index (χ0v) is 21.4. The number of phosphoric ester groups is 1. The Morgan fingerprint density at radius 3 is 2.41 bits per heavy atom. The zero-order chi connectivity index (χ0) is 24.1. The molecule has 20 nitrogen and oxygen atoms in total. The smallest absolute Gasteiger partial charge is 0.756 e. The fourth-order valence-corrected chi connectivity index (χ4v) is 5.68. The van der Waals surface area contributed by atoms with Gasteiger partial charge < -0.3 is 50.3 Å². The van der Waals surface area contributed by atoms with Crippen LogP contribution >= 0.6 is 23.5 Å². The Balaban J connectivity index is 0.00000289. The Hall–Kier alpha value is -0.600. The van der Waals surface area contributed by atoms with Gasteiger partial charge in [0.05, 0.1) is 12.9 Å². The molecule has 1 aliphatic rings. The van der Waals surface area contributed by atoms with Crippen LogP contribution in [0.5, 0.6) is 0 Å². The first-order chi connectivity index (χ1) is 14.6. The average molecular weight is 563 g/mol. The van der Waals surface area contributed by atoms with Crippen LogP contribution in [0.15, 0.2) is 11.1 Å². The summed E-state index contributed by atoms with van der Waals surface area (Å²) < 4.78 is 51.1. The van der Waals surface area contributed by atoms with Gasteiger partial charge in [-0.2, -0.15) is 9.29 Å². The molecule has 188 valence electrons. The van der Waals surface area contributed by atoms with Gasteiger partial charge in [0.2, 0.25) is 5.95 Å². The first-order valence-corrected chi connectivity index (χ1v) is 12.6. The van der Waals surface area contributed by atoms with Crippen molar-refractivity contribution in [1.82, 2.24) is 19.5 Å². The third-order valence-electron chi connectivity index (χ3n) is 3.87. The van der Waals surface area contributed by atoms with E-state index in [4.69, 9.17) is 25.2 Å². The Labute approximate surface area is 209 Å². The summed E-state index contributed by atoms with van der Waals surface area (Å²) in [6.07, 6.45) is -5.45. The van der Waals surface area contributed by atoms with Crippen molar-refractivity contribution in [3.8, 4) is 0 Å². The Morgan fingerprint density at radius 2 is 1.82 bits per heavy atom. The third-order valence-corrected chi connectivity index (χ3v) is 7.64. The molecule has 1 fully saturated rings. The normalized spacial score (nSPS) is 26.3.